The topological polar surface area (TPSA) is 60.4 Å². The zero-order chi connectivity index (χ0) is 33.7. The lowest BCUT2D eigenvalue weighted by Gasteiger charge is -2.28. The number of hydrogen-bond acceptors (Lipinski definition) is 2. The molecule has 0 heterocycles. The second-order valence-corrected chi connectivity index (χ2v) is 20.6. The van der Waals surface area contributed by atoms with Gasteiger partial charge in [-0.05, 0) is 57.8 Å². The van der Waals surface area contributed by atoms with E-state index in [0.29, 0.717) is 6.42 Å². The van der Waals surface area contributed by atoms with Crippen LogP contribution in [0.2, 0.25) is 0 Å². The normalized spacial score (nSPS) is 13.0. The Morgan fingerprint density at radius 1 is 0.378 bits per heavy atom. The third-order valence-corrected chi connectivity index (χ3v) is 15.7. The maximum atomic E-state index is 10.3. The van der Waals surface area contributed by atoms with Crippen molar-refractivity contribution in [2.45, 2.75) is 227 Å². The number of hydrogen-bond donors (Lipinski definition) is 1. The first kappa shape index (κ1) is 47.7. The van der Waals surface area contributed by atoms with Gasteiger partial charge in [0.25, 0.3) is 0 Å². The van der Waals surface area contributed by atoms with Gasteiger partial charge in [0, 0.05) is 13.4 Å². The van der Waals surface area contributed by atoms with Crippen molar-refractivity contribution in [2.75, 3.05) is 30.8 Å². The Bertz CT molecular complexity index is 561. The van der Waals surface area contributed by atoms with Gasteiger partial charge in [0.15, 0.2) is 0 Å². The Kier molecular flexibility index (Phi) is 39.6. The predicted molar refractivity (Wildman–Crippen MR) is 208 cm³/mol. The highest BCUT2D eigenvalue weighted by atomic mass is 31.2. The van der Waals surface area contributed by atoms with Crippen LogP contribution >= 0.6 is 14.9 Å². The molecule has 0 amide bonds. The van der Waals surface area contributed by atoms with E-state index in [-0.39, 0.29) is 6.16 Å². The molecule has 0 bridgehead atoms. The highest BCUT2D eigenvalue weighted by Crippen LogP contribution is 2.61. The van der Waals surface area contributed by atoms with E-state index in [9.17, 15) is 9.46 Å². The van der Waals surface area contributed by atoms with Crippen LogP contribution in [0.15, 0.2) is 0 Å². The van der Waals surface area contributed by atoms with E-state index in [1.807, 2.05) is 0 Å². The second kappa shape index (κ2) is 37.4. The zero-order valence-corrected chi connectivity index (χ0v) is 33.7. The summed E-state index contributed by atoms with van der Waals surface area (Å²) < 4.78 is 10.3. The summed E-state index contributed by atoms with van der Waals surface area (Å²) in [5.74, 6) is 0. The van der Waals surface area contributed by atoms with Crippen LogP contribution < -0.4 is 4.89 Å². The molecule has 0 aliphatic carbocycles. The van der Waals surface area contributed by atoms with Crippen LogP contribution in [0, 0.1) is 0 Å². The Hall–Kier alpha value is 0.580. The monoisotopic (exact) mass is 677 g/mol. The van der Waals surface area contributed by atoms with E-state index >= 15 is 0 Å². The molecule has 1 atom stereocenters. The molecular weight excluding hydrogens is 590 g/mol. The fourth-order valence-corrected chi connectivity index (χ4v) is 12.2. The Labute approximate surface area is 286 Å². The van der Waals surface area contributed by atoms with Crippen LogP contribution in [0.25, 0.3) is 0 Å². The first-order valence-corrected chi connectivity index (χ1v) is 25.0. The van der Waals surface area contributed by atoms with Crippen molar-refractivity contribution in [1.82, 2.24) is 0 Å². The first-order valence-electron chi connectivity index (χ1n) is 20.7. The maximum absolute atomic E-state index is 10.3. The maximum Gasteiger partial charge on any atom is 0.132 e. The van der Waals surface area contributed by atoms with Crippen molar-refractivity contribution >= 4 is 14.9 Å². The highest BCUT2D eigenvalue weighted by molar-refractivity contribution is 7.75. The van der Waals surface area contributed by atoms with E-state index in [0.717, 1.165) is 12.8 Å². The van der Waals surface area contributed by atoms with Gasteiger partial charge in [-0.3, -0.25) is 0 Å². The van der Waals surface area contributed by atoms with Gasteiger partial charge < -0.3 is 14.4 Å². The Balaban J connectivity index is 0. The number of rotatable bonds is 35. The minimum atomic E-state index is -3.97. The van der Waals surface area contributed by atoms with Crippen molar-refractivity contribution in [3.8, 4) is 0 Å². The van der Waals surface area contributed by atoms with Crippen LogP contribution in [0.5, 0.6) is 0 Å². The molecule has 0 aliphatic heterocycles. The predicted octanol–water partition coefficient (Wildman–Crippen LogP) is 14.3. The molecule has 0 aromatic rings. The van der Waals surface area contributed by atoms with E-state index in [2.05, 4.69) is 34.6 Å². The summed E-state index contributed by atoms with van der Waals surface area (Å²) >= 11 is 0. The summed E-state index contributed by atoms with van der Waals surface area (Å²) in [6.45, 7) is 11.6. The lowest BCUT2D eigenvalue weighted by atomic mass is 10.1. The third-order valence-electron chi connectivity index (χ3n) is 9.74. The molecule has 0 aliphatic rings. The van der Waals surface area contributed by atoms with E-state index in [4.69, 9.17) is 4.89 Å². The Morgan fingerprint density at radius 3 is 0.822 bits per heavy atom. The van der Waals surface area contributed by atoms with Gasteiger partial charge in [0.2, 0.25) is 0 Å². The third kappa shape index (κ3) is 38.9. The van der Waals surface area contributed by atoms with E-state index in [1.54, 1.807) is 50.3 Å². The van der Waals surface area contributed by atoms with Crippen LogP contribution in [-0.2, 0) is 4.57 Å². The smallest absolute Gasteiger partial charge is 0.132 e. The minimum Gasteiger partial charge on any atom is -0.779 e. The lowest BCUT2D eigenvalue weighted by molar-refractivity contribution is -0.193. The lowest BCUT2D eigenvalue weighted by Crippen LogP contribution is -2.13. The van der Waals surface area contributed by atoms with Crippen LogP contribution in [0.3, 0.4) is 0 Å². The fourth-order valence-electron chi connectivity index (χ4n) is 6.67. The molecule has 1 unspecified atom stereocenters. The van der Waals surface area contributed by atoms with Gasteiger partial charge in [-0.1, -0.05) is 169 Å². The van der Waals surface area contributed by atoms with Crippen molar-refractivity contribution < 1.29 is 14.4 Å². The van der Waals surface area contributed by atoms with Gasteiger partial charge in [0.1, 0.15) is 7.60 Å². The molecule has 1 N–H and O–H groups in total. The molecule has 0 radical (unpaired) electrons. The summed E-state index contributed by atoms with van der Waals surface area (Å²) in [7, 11) is -4.67. The van der Waals surface area contributed by atoms with Crippen LogP contribution in [-0.4, -0.2) is 35.7 Å². The molecule has 0 spiro atoms. The van der Waals surface area contributed by atoms with E-state index < -0.39 is 14.9 Å². The summed E-state index contributed by atoms with van der Waals surface area (Å²) in [4.78, 5) is 18.7. The van der Waals surface area contributed by atoms with Crippen LogP contribution in [0.4, 0.5) is 0 Å². The van der Waals surface area contributed by atoms with Crippen LogP contribution in [0.1, 0.15) is 227 Å². The summed E-state index contributed by atoms with van der Waals surface area (Å²) in [6.07, 6.45) is 48.2. The molecule has 0 fully saturated rings. The molecule has 0 aromatic heterocycles. The van der Waals surface area contributed by atoms with E-state index in [1.165, 1.54) is 148 Å². The van der Waals surface area contributed by atoms with Gasteiger partial charge >= 0.3 is 0 Å². The van der Waals surface area contributed by atoms with Gasteiger partial charge in [0.05, 0.1) is 24.6 Å². The van der Waals surface area contributed by atoms with Crippen molar-refractivity contribution in [2.24, 2.45) is 0 Å². The van der Waals surface area contributed by atoms with Gasteiger partial charge in [-0.15, -0.1) is 0 Å². The van der Waals surface area contributed by atoms with Crippen molar-refractivity contribution in [3.63, 3.8) is 0 Å². The zero-order valence-electron chi connectivity index (χ0n) is 31.9. The molecule has 0 saturated carbocycles. The number of unbranched alkanes of at least 4 members (excludes halogenated alkanes) is 25. The summed E-state index contributed by atoms with van der Waals surface area (Å²) in [5.41, 5.74) is 0. The van der Waals surface area contributed by atoms with Crippen molar-refractivity contribution in [1.29, 1.82) is 0 Å². The molecule has 45 heavy (non-hydrogen) atoms. The standard InChI is InChI=1S/C32H68P.C8H19O3P/c1-5-9-13-17-18-19-20-21-22-23-24-28-32-33(29-25-14-10-6-2,30-26-15-11-7-3)31-27-16-12-8-4;1-2-3-4-5-6-7-8-12(9,10)11/h5-32H2,1-4H3;2-8H2,1H3,(H2,9,10,11)/q+1;/p-1. The second-order valence-electron chi connectivity index (χ2n) is 14.4. The quantitative estimate of drug-likeness (QED) is 0.0537. The average Bonchev–Trinajstić information content (AvgIpc) is 3.02. The molecule has 0 rings (SSSR count). The van der Waals surface area contributed by atoms with Gasteiger partial charge in [-0.2, -0.15) is 0 Å². The fraction of sp³-hybridized carbons (Fsp3) is 1.00. The molecular formula is C40H86O3P2. The summed E-state index contributed by atoms with van der Waals surface area (Å²) in [6, 6.07) is 0. The first-order chi connectivity index (χ1) is 21.8. The average molecular weight is 677 g/mol. The van der Waals surface area contributed by atoms with Gasteiger partial charge in [-0.25, -0.2) is 0 Å². The SMILES string of the molecule is CCCCCCCCCCCCCC[P+](CCCCCC)(CCCCCC)CCCCCC.CCCCCCCCP(=O)([O-])O. The van der Waals surface area contributed by atoms with Crippen molar-refractivity contribution in [3.05, 3.63) is 0 Å². The highest BCUT2D eigenvalue weighted by Gasteiger charge is 2.34. The minimum absolute atomic E-state index is 0.0564. The molecule has 3 nitrogen and oxygen atoms in total. The summed E-state index contributed by atoms with van der Waals surface area (Å²) in [5, 5.41) is 0. The molecule has 5 heteroatoms. The molecule has 0 saturated heterocycles. The Morgan fingerprint density at radius 2 is 0.578 bits per heavy atom. The molecule has 0 aromatic carbocycles. The molecule has 274 valence electrons. The largest absolute Gasteiger partial charge is 0.779 e.